The van der Waals surface area contributed by atoms with Crippen molar-refractivity contribution in [3.63, 3.8) is 0 Å². The fourth-order valence-corrected chi connectivity index (χ4v) is 5.20. The fourth-order valence-electron chi connectivity index (χ4n) is 3.77. The maximum atomic E-state index is 12.8. The minimum atomic E-state index is -3.72. The normalized spacial score (nSPS) is 16.4. The molecule has 2 aromatic carbocycles. The van der Waals surface area contributed by atoms with Crippen LogP contribution in [-0.2, 0) is 10.2 Å². The quantitative estimate of drug-likeness (QED) is 0.277. The van der Waals surface area contributed by atoms with Crippen LogP contribution in [0, 0.1) is 0 Å². The van der Waals surface area contributed by atoms with E-state index in [9.17, 15) is 8.42 Å². The van der Waals surface area contributed by atoms with Crippen LogP contribution in [-0.4, -0.2) is 50.4 Å². The van der Waals surface area contributed by atoms with Gasteiger partial charge in [-0.2, -0.15) is 12.7 Å². The zero-order chi connectivity index (χ0) is 23.1. The number of guanidine groups is 1. The van der Waals surface area contributed by atoms with Crippen molar-refractivity contribution in [1.29, 1.82) is 0 Å². The number of hydrogen-bond donors (Lipinski definition) is 2. The second-order valence-corrected chi connectivity index (χ2v) is 9.87. The van der Waals surface area contributed by atoms with Crippen molar-refractivity contribution in [3.05, 3.63) is 77.3 Å². The molecule has 9 heteroatoms. The summed E-state index contributed by atoms with van der Waals surface area (Å²) >= 11 is 6.04. The van der Waals surface area contributed by atoms with Crippen molar-refractivity contribution in [2.45, 2.75) is 25.2 Å². The number of hydrogen-bond acceptors (Lipinski definition) is 4. The van der Waals surface area contributed by atoms with E-state index in [0.717, 1.165) is 36.0 Å². The van der Waals surface area contributed by atoms with E-state index in [1.165, 1.54) is 16.4 Å². The van der Waals surface area contributed by atoms with Gasteiger partial charge in [-0.1, -0.05) is 67.1 Å². The summed E-state index contributed by atoms with van der Waals surface area (Å²) in [7, 11) is -2.21. The van der Waals surface area contributed by atoms with Crippen molar-refractivity contribution >= 4 is 33.3 Å². The van der Waals surface area contributed by atoms with Crippen LogP contribution in [0.4, 0.5) is 0 Å². The molecule has 172 valence electrons. The summed E-state index contributed by atoms with van der Waals surface area (Å²) in [6.07, 6.45) is 2.74. The first-order valence-corrected chi connectivity index (χ1v) is 12.4. The van der Waals surface area contributed by atoms with Gasteiger partial charge in [0, 0.05) is 37.6 Å². The average molecular weight is 476 g/mol. The summed E-state index contributed by atoms with van der Waals surface area (Å²) in [5.74, 6) is 6.23. The van der Waals surface area contributed by atoms with Crippen LogP contribution < -0.4 is 10.6 Å². The van der Waals surface area contributed by atoms with E-state index < -0.39 is 10.2 Å². The smallest absolute Gasteiger partial charge is 0.279 e. The van der Waals surface area contributed by atoms with Crippen LogP contribution in [0.5, 0.6) is 0 Å². The van der Waals surface area contributed by atoms with Crippen LogP contribution in [0.15, 0.2) is 66.2 Å². The van der Waals surface area contributed by atoms with E-state index in [4.69, 9.17) is 17.4 Å². The molecule has 0 aliphatic carbocycles. The highest BCUT2D eigenvalue weighted by Gasteiger charge is 2.27. The monoisotopic (exact) mass is 475 g/mol. The molecular weight excluding hydrogens is 446 g/mol. The summed E-state index contributed by atoms with van der Waals surface area (Å²) in [5, 5.41) is 1.98. The summed E-state index contributed by atoms with van der Waals surface area (Å²) in [6, 6.07) is 17.3. The summed E-state index contributed by atoms with van der Waals surface area (Å²) in [6.45, 7) is 5.58. The first-order valence-electron chi connectivity index (χ1n) is 10.6. The molecule has 0 saturated carbocycles. The zero-order valence-electron chi connectivity index (χ0n) is 18.2. The zero-order valence-corrected chi connectivity index (χ0v) is 19.8. The molecule has 1 atom stereocenters. The summed E-state index contributed by atoms with van der Waals surface area (Å²) in [5.41, 5.74) is 2.79. The molecule has 3 rings (SSSR count). The first-order chi connectivity index (χ1) is 15.3. The third-order valence-electron chi connectivity index (χ3n) is 5.58. The van der Waals surface area contributed by atoms with E-state index in [0.29, 0.717) is 18.1 Å². The number of nitrogens with one attached hydrogen (secondary N) is 1. The molecule has 3 N–H and O–H groups in total. The second kappa shape index (κ2) is 11.0. The van der Waals surface area contributed by atoms with Crippen LogP contribution in [0.3, 0.4) is 0 Å². The van der Waals surface area contributed by atoms with Crippen molar-refractivity contribution in [2.24, 2.45) is 10.8 Å². The van der Waals surface area contributed by atoms with Crippen molar-refractivity contribution < 1.29 is 8.42 Å². The van der Waals surface area contributed by atoms with E-state index >= 15 is 0 Å². The highest BCUT2D eigenvalue weighted by atomic mass is 35.5. The highest BCUT2D eigenvalue weighted by molar-refractivity contribution is 7.87. The molecule has 0 aromatic heterocycles. The maximum Gasteiger partial charge on any atom is 0.303 e. The SMILES string of the molecule is C=C(c1ccc(Cl)cc1)[C@H](CN(N)C(=NC)NS(=O)(=O)N1CCCCC1)c1ccccc1. The number of nitrogens with two attached hydrogens (primary N) is 1. The second-order valence-electron chi connectivity index (χ2n) is 7.76. The molecule has 32 heavy (non-hydrogen) atoms. The van der Waals surface area contributed by atoms with Crippen LogP contribution in [0.2, 0.25) is 5.02 Å². The van der Waals surface area contributed by atoms with Crippen molar-refractivity contribution in [3.8, 4) is 0 Å². The van der Waals surface area contributed by atoms with Gasteiger partial charge in [-0.25, -0.2) is 10.6 Å². The third-order valence-corrected chi connectivity index (χ3v) is 7.31. The molecule has 2 aromatic rings. The van der Waals surface area contributed by atoms with Crippen LogP contribution in [0.25, 0.3) is 5.57 Å². The molecule has 0 bridgehead atoms. The van der Waals surface area contributed by atoms with E-state index in [1.54, 1.807) is 0 Å². The summed E-state index contributed by atoms with van der Waals surface area (Å²) < 4.78 is 29.6. The Bertz CT molecular complexity index is 1040. The lowest BCUT2D eigenvalue weighted by atomic mass is 9.87. The number of nitrogens with zero attached hydrogens (tertiary/aromatic N) is 3. The molecular formula is C23H30ClN5O2S. The lowest BCUT2D eigenvalue weighted by Crippen LogP contribution is -2.53. The predicted molar refractivity (Wildman–Crippen MR) is 131 cm³/mol. The molecule has 0 unspecified atom stereocenters. The largest absolute Gasteiger partial charge is 0.303 e. The number of halogens is 1. The Kier molecular flexibility index (Phi) is 8.31. The molecule has 1 heterocycles. The average Bonchev–Trinajstić information content (AvgIpc) is 2.82. The fraction of sp³-hybridized carbons (Fsp3) is 0.348. The molecule has 0 spiro atoms. The third kappa shape index (κ3) is 6.10. The molecule has 7 nitrogen and oxygen atoms in total. The number of aliphatic imine (C=N–C) groups is 1. The van der Waals surface area contributed by atoms with E-state index in [-0.39, 0.29) is 18.4 Å². The Morgan fingerprint density at radius 2 is 1.78 bits per heavy atom. The highest BCUT2D eigenvalue weighted by Crippen LogP contribution is 2.32. The molecule has 1 aliphatic rings. The number of rotatable bonds is 7. The summed E-state index contributed by atoms with van der Waals surface area (Å²) in [4.78, 5) is 4.11. The molecule has 1 saturated heterocycles. The molecule has 0 amide bonds. The lowest BCUT2D eigenvalue weighted by Gasteiger charge is -2.30. The molecule has 1 fully saturated rings. The maximum absolute atomic E-state index is 12.8. The number of piperidine rings is 1. The first kappa shape index (κ1) is 24.3. The van der Waals surface area contributed by atoms with E-state index in [1.807, 2.05) is 54.6 Å². The topological polar surface area (TPSA) is 91.0 Å². The number of benzene rings is 2. The minimum absolute atomic E-state index is 0.0837. The van der Waals surface area contributed by atoms with Gasteiger partial charge in [0.05, 0.1) is 0 Å². The van der Waals surface area contributed by atoms with Gasteiger partial charge in [-0.15, -0.1) is 0 Å². The van der Waals surface area contributed by atoms with Gasteiger partial charge in [-0.3, -0.25) is 10.0 Å². The Balaban J connectivity index is 1.81. The molecule has 0 radical (unpaired) electrons. The standard InChI is InChI=1S/C23H30ClN5O2S/c1-18(19-11-13-21(24)14-12-19)22(20-9-5-3-6-10-20)17-29(25)23(26-2)27-32(30,31)28-15-7-4-8-16-28/h3,5-6,9-14,22H,1,4,7-8,15-17,25H2,2H3,(H,26,27)/t22-/m0/s1. The lowest BCUT2D eigenvalue weighted by molar-refractivity contribution is 0.342. The Morgan fingerprint density at radius 1 is 1.16 bits per heavy atom. The van der Waals surface area contributed by atoms with Crippen molar-refractivity contribution in [1.82, 2.24) is 14.0 Å². The molecule has 1 aliphatic heterocycles. The van der Waals surface area contributed by atoms with Gasteiger partial charge in [0.25, 0.3) is 0 Å². The Hall–Kier alpha value is -2.39. The van der Waals surface area contributed by atoms with Gasteiger partial charge >= 0.3 is 10.2 Å². The van der Waals surface area contributed by atoms with Gasteiger partial charge in [0.2, 0.25) is 5.96 Å². The van der Waals surface area contributed by atoms with Gasteiger partial charge in [-0.05, 0) is 41.7 Å². The predicted octanol–water partition coefficient (Wildman–Crippen LogP) is 3.62. The van der Waals surface area contributed by atoms with Crippen LogP contribution in [0.1, 0.15) is 36.3 Å². The Labute approximate surface area is 195 Å². The van der Waals surface area contributed by atoms with E-state index in [2.05, 4.69) is 16.3 Å². The van der Waals surface area contributed by atoms with Crippen LogP contribution >= 0.6 is 11.6 Å². The van der Waals surface area contributed by atoms with Crippen molar-refractivity contribution in [2.75, 3.05) is 26.7 Å². The van der Waals surface area contributed by atoms with Gasteiger partial charge < -0.3 is 0 Å². The van der Waals surface area contributed by atoms with Gasteiger partial charge in [0.1, 0.15) is 0 Å². The number of hydrazine groups is 1. The minimum Gasteiger partial charge on any atom is -0.279 e. The Morgan fingerprint density at radius 3 is 2.38 bits per heavy atom. The van der Waals surface area contributed by atoms with Gasteiger partial charge in [0.15, 0.2) is 0 Å².